The van der Waals surface area contributed by atoms with Crippen molar-refractivity contribution in [1.29, 1.82) is 0 Å². The average Bonchev–Trinajstić information content (AvgIpc) is 3.56. The largest absolute Gasteiger partial charge is 0.437 e. The zero-order valence-electron chi connectivity index (χ0n) is 20.9. The van der Waals surface area contributed by atoms with Crippen molar-refractivity contribution in [3.05, 3.63) is 71.7 Å². The van der Waals surface area contributed by atoms with E-state index >= 15 is 0 Å². The molecule has 6 rings (SSSR count). The summed E-state index contributed by atoms with van der Waals surface area (Å²) >= 11 is 0. The van der Waals surface area contributed by atoms with Gasteiger partial charge >= 0.3 is 0 Å². The maximum absolute atomic E-state index is 13.8. The minimum atomic E-state index is -0.379. The van der Waals surface area contributed by atoms with Gasteiger partial charge in [0.1, 0.15) is 11.6 Å². The van der Waals surface area contributed by atoms with Crippen LogP contribution in [0, 0.1) is 18.7 Å². The SMILES string of the molecule is Cc1cc(-c2cnc3c(NCC4CN(C)C4)cc(Oc4cccc(F)c4)nn23)ccc1C(=O)NC1CC1. The zero-order valence-corrected chi connectivity index (χ0v) is 20.9. The Morgan fingerprint density at radius 2 is 2.00 bits per heavy atom. The fourth-order valence-corrected chi connectivity index (χ4v) is 4.75. The normalized spacial score (nSPS) is 16.0. The first-order chi connectivity index (χ1) is 17.9. The van der Waals surface area contributed by atoms with Crippen LogP contribution in [0.4, 0.5) is 10.1 Å². The molecule has 2 aromatic carbocycles. The van der Waals surface area contributed by atoms with Crippen LogP contribution in [-0.2, 0) is 0 Å². The molecule has 0 atom stereocenters. The van der Waals surface area contributed by atoms with Crippen LogP contribution in [0.15, 0.2) is 54.7 Å². The van der Waals surface area contributed by atoms with Crippen LogP contribution in [0.3, 0.4) is 0 Å². The Labute approximate surface area is 214 Å². The number of imidazole rings is 1. The van der Waals surface area contributed by atoms with E-state index in [1.54, 1.807) is 28.9 Å². The Hall–Kier alpha value is -3.98. The van der Waals surface area contributed by atoms with E-state index < -0.39 is 0 Å². The second-order valence-electron chi connectivity index (χ2n) is 10.1. The molecule has 1 aliphatic heterocycles. The van der Waals surface area contributed by atoms with Crippen molar-refractivity contribution in [2.24, 2.45) is 5.92 Å². The van der Waals surface area contributed by atoms with Gasteiger partial charge in [0, 0.05) is 54.9 Å². The van der Waals surface area contributed by atoms with Gasteiger partial charge in [0.2, 0.25) is 5.88 Å². The molecule has 3 heterocycles. The molecule has 8 nitrogen and oxygen atoms in total. The van der Waals surface area contributed by atoms with Gasteiger partial charge < -0.3 is 20.3 Å². The smallest absolute Gasteiger partial charge is 0.251 e. The number of amides is 1. The summed E-state index contributed by atoms with van der Waals surface area (Å²) in [5.41, 5.74) is 4.66. The first kappa shape index (κ1) is 23.4. The number of aryl methyl sites for hydroxylation is 1. The van der Waals surface area contributed by atoms with E-state index in [9.17, 15) is 9.18 Å². The standard InChI is InChI=1S/C28H29FN6O2/c1-17-10-19(6-9-23(17)28(36)32-21-7-8-21)25-14-31-27-24(30-13-18-15-34(2)16-18)12-26(33-35(25)27)37-22-5-3-4-20(29)11-22/h3-6,9-12,14,18,21,30H,7-8,13,15-16H2,1-2H3,(H,32,36). The molecule has 190 valence electrons. The number of aromatic nitrogens is 3. The summed E-state index contributed by atoms with van der Waals surface area (Å²) in [4.78, 5) is 19.5. The van der Waals surface area contributed by atoms with Gasteiger partial charge in [0.25, 0.3) is 5.91 Å². The molecule has 1 aliphatic carbocycles. The molecular weight excluding hydrogens is 471 g/mol. The Morgan fingerprint density at radius 1 is 1.16 bits per heavy atom. The topological polar surface area (TPSA) is 83.8 Å². The summed E-state index contributed by atoms with van der Waals surface area (Å²) in [5.74, 6) is 0.819. The highest BCUT2D eigenvalue weighted by atomic mass is 19.1. The number of carbonyl (C=O) groups excluding carboxylic acids is 1. The Bertz CT molecular complexity index is 1480. The number of likely N-dealkylation sites (tertiary alicyclic amines) is 1. The number of carbonyl (C=O) groups is 1. The van der Waals surface area contributed by atoms with Crippen molar-refractivity contribution in [3.63, 3.8) is 0 Å². The van der Waals surface area contributed by atoms with Crippen LogP contribution in [0.25, 0.3) is 16.9 Å². The maximum atomic E-state index is 13.8. The number of halogens is 1. The summed E-state index contributed by atoms with van der Waals surface area (Å²) in [6, 6.07) is 13.8. The number of benzene rings is 2. The first-order valence-corrected chi connectivity index (χ1v) is 12.6. The van der Waals surface area contributed by atoms with Gasteiger partial charge in [0.15, 0.2) is 5.65 Å². The molecule has 0 radical (unpaired) electrons. The molecule has 1 saturated carbocycles. The molecule has 2 aromatic heterocycles. The molecule has 2 fully saturated rings. The van der Waals surface area contributed by atoms with Crippen molar-refractivity contribution in [2.75, 3.05) is 32.0 Å². The van der Waals surface area contributed by atoms with E-state index in [1.807, 2.05) is 25.1 Å². The highest BCUT2D eigenvalue weighted by Gasteiger charge is 2.25. The van der Waals surface area contributed by atoms with Gasteiger partial charge in [-0.05, 0) is 56.6 Å². The second kappa shape index (κ2) is 9.48. The third kappa shape index (κ3) is 4.99. The van der Waals surface area contributed by atoms with Gasteiger partial charge in [-0.1, -0.05) is 12.1 Å². The lowest BCUT2D eigenvalue weighted by atomic mass is 10.0. The summed E-state index contributed by atoms with van der Waals surface area (Å²) < 4.78 is 21.5. The van der Waals surface area contributed by atoms with Crippen molar-refractivity contribution in [1.82, 2.24) is 24.8 Å². The van der Waals surface area contributed by atoms with Gasteiger partial charge in [-0.3, -0.25) is 4.79 Å². The molecule has 2 N–H and O–H groups in total. The van der Waals surface area contributed by atoms with Crippen molar-refractivity contribution < 1.29 is 13.9 Å². The molecule has 1 saturated heterocycles. The van der Waals surface area contributed by atoms with Crippen LogP contribution in [0.1, 0.15) is 28.8 Å². The number of nitrogens with one attached hydrogen (secondary N) is 2. The first-order valence-electron chi connectivity index (χ1n) is 12.6. The van der Waals surface area contributed by atoms with Gasteiger partial charge in [-0.15, -0.1) is 5.10 Å². The quantitative estimate of drug-likeness (QED) is 0.371. The third-order valence-electron chi connectivity index (χ3n) is 6.86. The maximum Gasteiger partial charge on any atom is 0.251 e. The van der Waals surface area contributed by atoms with Crippen LogP contribution in [-0.4, -0.2) is 58.1 Å². The van der Waals surface area contributed by atoms with E-state index in [-0.39, 0.29) is 11.7 Å². The van der Waals surface area contributed by atoms with Crippen molar-refractivity contribution in [2.45, 2.75) is 25.8 Å². The highest BCUT2D eigenvalue weighted by Crippen LogP contribution is 2.30. The minimum absolute atomic E-state index is 0.0401. The van der Waals surface area contributed by atoms with E-state index in [4.69, 9.17) is 4.74 Å². The fraction of sp³-hybridized carbons (Fsp3) is 0.321. The molecule has 2 aliphatic rings. The highest BCUT2D eigenvalue weighted by molar-refractivity contribution is 5.96. The lowest BCUT2D eigenvalue weighted by Gasteiger charge is -2.36. The van der Waals surface area contributed by atoms with Crippen LogP contribution < -0.4 is 15.4 Å². The van der Waals surface area contributed by atoms with E-state index in [2.05, 4.69) is 32.7 Å². The summed E-state index contributed by atoms with van der Waals surface area (Å²) in [7, 11) is 2.11. The lowest BCUT2D eigenvalue weighted by molar-refractivity contribution is 0.0950. The Balaban J connectivity index is 1.35. The molecule has 4 aromatic rings. The van der Waals surface area contributed by atoms with E-state index in [0.29, 0.717) is 34.8 Å². The van der Waals surface area contributed by atoms with Gasteiger partial charge in [-0.25, -0.2) is 13.9 Å². The predicted octanol–water partition coefficient (Wildman–Crippen LogP) is 4.50. The van der Waals surface area contributed by atoms with Crippen LogP contribution >= 0.6 is 0 Å². The number of rotatable bonds is 8. The summed E-state index contributed by atoms with van der Waals surface area (Å²) in [6.07, 6.45) is 3.86. The molecular formula is C28H29FN6O2. The number of ether oxygens (including phenoxy) is 1. The molecule has 37 heavy (non-hydrogen) atoms. The minimum Gasteiger partial charge on any atom is -0.437 e. The molecule has 9 heteroatoms. The van der Waals surface area contributed by atoms with Gasteiger partial charge in [-0.2, -0.15) is 0 Å². The number of hydrogen-bond acceptors (Lipinski definition) is 6. The number of hydrogen-bond donors (Lipinski definition) is 2. The summed E-state index contributed by atoms with van der Waals surface area (Å²) in [5, 5.41) is 11.3. The number of nitrogens with zero attached hydrogens (tertiary/aromatic N) is 4. The second-order valence-corrected chi connectivity index (χ2v) is 10.1. The zero-order chi connectivity index (χ0) is 25.5. The average molecular weight is 501 g/mol. The molecule has 1 amide bonds. The van der Waals surface area contributed by atoms with Crippen LogP contribution in [0.5, 0.6) is 11.6 Å². The monoisotopic (exact) mass is 500 g/mol. The molecule has 0 bridgehead atoms. The molecule has 0 unspecified atom stereocenters. The summed E-state index contributed by atoms with van der Waals surface area (Å²) in [6.45, 7) is 4.82. The lowest BCUT2D eigenvalue weighted by Crippen LogP contribution is -2.46. The predicted molar refractivity (Wildman–Crippen MR) is 140 cm³/mol. The van der Waals surface area contributed by atoms with Gasteiger partial charge in [0.05, 0.1) is 17.6 Å². The Kier molecular flexibility index (Phi) is 6.00. The number of fused-ring (bicyclic) bond motifs is 1. The van der Waals surface area contributed by atoms with Crippen molar-refractivity contribution in [3.8, 4) is 22.9 Å². The third-order valence-corrected chi connectivity index (χ3v) is 6.86. The fourth-order valence-electron chi connectivity index (χ4n) is 4.75. The number of anilines is 1. The van der Waals surface area contributed by atoms with Crippen molar-refractivity contribution >= 4 is 17.2 Å². The molecule has 0 spiro atoms. The Morgan fingerprint density at radius 3 is 2.73 bits per heavy atom. The van der Waals surface area contributed by atoms with Crippen LogP contribution in [0.2, 0.25) is 0 Å². The van der Waals surface area contributed by atoms with E-state index in [1.165, 1.54) is 12.1 Å². The van der Waals surface area contributed by atoms with E-state index in [0.717, 1.165) is 55.0 Å².